The molecule has 0 radical (unpaired) electrons. The fourth-order valence-corrected chi connectivity index (χ4v) is 4.54. The Morgan fingerprint density at radius 3 is 1.47 bits per heavy atom. The summed E-state index contributed by atoms with van der Waals surface area (Å²) >= 11 is 0. The molecule has 0 bridgehead atoms. The zero-order valence-electron chi connectivity index (χ0n) is 21.1. The molecular formula is C31H36N3+. The molecular weight excluding hydrogens is 414 g/mol. The highest BCUT2D eigenvalue weighted by molar-refractivity contribution is 6.15. The summed E-state index contributed by atoms with van der Waals surface area (Å²) in [6, 6.07) is 28.3. The van der Waals surface area contributed by atoms with E-state index in [1.807, 2.05) is 0 Å². The molecule has 1 saturated carbocycles. The topological polar surface area (TPSA) is 9.49 Å². The quantitative estimate of drug-likeness (QED) is 0.392. The third kappa shape index (κ3) is 5.48. The molecule has 34 heavy (non-hydrogen) atoms. The number of benzene rings is 3. The van der Waals surface area contributed by atoms with Gasteiger partial charge in [0.25, 0.3) is 0 Å². The van der Waals surface area contributed by atoms with Crippen molar-refractivity contribution >= 4 is 34.9 Å². The van der Waals surface area contributed by atoms with E-state index in [9.17, 15) is 0 Å². The minimum absolute atomic E-state index is 1.08. The zero-order chi connectivity index (χ0) is 24.1. The highest BCUT2D eigenvalue weighted by Crippen LogP contribution is 2.31. The smallest absolute Gasteiger partial charge is 0.211 e. The SMILES string of the molecule is CN(C)c1ccc(/C=C2\CCC/C(=C\c3ccc(N(C)C)cc3)C2=[N+](C)c2ccccc2)cc1. The maximum Gasteiger partial charge on any atom is 0.211 e. The molecule has 0 atom stereocenters. The Morgan fingerprint density at radius 1 is 0.618 bits per heavy atom. The van der Waals surface area contributed by atoms with Crippen LogP contribution in [0.2, 0.25) is 0 Å². The van der Waals surface area contributed by atoms with Crippen molar-refractivity contribution in [1.29, 1.82) is 0 Å². The van der Waals surface area contributed by atoms with E-state index in [-0.39, 0.29) is 0 Å². The van der Waals surface area contributed by atoms with Gasteiger partial charge in [-0.05, 0) is 66.8 Å². The Labute approximate surface area is 205 Å². The lowest BCUT2D eigenvalue weighted by Crippen LogP contribution is -2.22. The van der Waals surface area contributed by atoms with E-state index in [0.717, 1.165) is 19.3 Å². The lowest BCUT2D eigenvalue weighted by Gasteiger charge is -2.20. The predicted octanol–water partition coefficient (Wildman–Crippen LogP) is 6.88. The Morgan fingerprint density at radius 2 is 1.06 bits per heavy atom. The first kappa shape index (κ1) is 23.6. The number of para-hydroxylation sites is 1. The van der Waals surface area contributed by atoms with Gasteiger partial charge in [0.2, 0.25) is 11.4 Å². The highest BCUT2D eigenvalue weighted by Gasteiger charge is 2.27. The molecule has 3 heteroatoms. The Kier molecular flexibility index (Phi) is 7.32. The fourth-order valence-electron chi connectivity index (χ4n) is 4.54. The van der Waals surface area contributed by atoms with E-state index in [1.54, 1.807) is 0 Å². The van der Waals surface area contributed by atoms with Crippen LogP contribution in [-0.4, -0.2) is 45.5 Å². The molecule has 0 spiro atoms. The molecule has 174 valence electrons. The first-order chi connectivity index (χ1) is 16.4. The fraction of sp³-hybridized carbons (Fsp3) is 0.258. The van der Waals surface area contributed by atoms with E-state index in [2.05, 4.69) is 141 Å². The van der Waals surface area contributed by atoms with Crippen molar-refractivity contribution in [2.24, 2.45) is 0 Å². The summed E-state index contributed by atoms with van der Waals surface area (Å²) in [5.41, 5.74) is 10.3. The largest absolute Gasteiger partial charge is 0.378 e. The Hall–Kier alpha value is -3.59. The molecule has 3 aromatic rings. The summed E-state index contributed by atoms with van der Waals surface area (Å²) in [6.45, 7) is 0. The molecule has 0 amide bonds. The molecule has 3 aromatic carbocycles. The van der Waals surface area contributed by atoms with Crippen molar-refractivity contribution < 1.29 is 4.58 Å². The maximum absolute atomic E-state index is 2.37. The minimum atomic E-state index is 1.08. The van der Waals surface area contributed by atoms with Crippen LogP contribution in [-0.2, 0) is 0 Å². The van der Waals surface area contributed by atoms with Gasteiger partial charge >= 0.3 is 0 Å². The first-order valence-electron chi connectivity index (χ1n) is 12.0. The van der Waals surface area contributed by atoms with Gasteiger partial charge in [-0.25, -0.2) is 0 Å². The molecule has 1 aliphatic rings. The van der Waals surface area contributed by atoms with Crippen LogP contribution in [0.25, 0.3) is 12.2 Å². The summed E-state index contributed by atoms with van der Waals surface area (Å²) in [6.07, 6.45) is 8.07. The van der Waals surface area contributed by atoms with Crippen molar-refractivity contribution in [2.45, 2.75) is 19.3 Å². The number of hydrogen-bond donors (Lipinski definition) is 0. The highest BCUT2D eigenvalue weighted by atomic mass is 15.1. The Balaban J connectivity index is 1.79. The maximum atomic E-state index is 2.37. The average Bonchev–Trinajstić information content (AvgIpc) is 2.85. The van der Waals surface area contributed by atoms with Crippen LogP contribution < -0.4 is 9.80 Å². The van der Waals surface area contributed by atoms with Crippen molar-refractivity contribution in [3.8, 4) is 0 Å². The van der Waals surface area contributed by atoms with Crippen LogP contribution >= 0.6 is 0 Å². The standard InChI is InChI=1S/C31H36N3/c1-32(2)28-18-14-24(15-19-28)22-26-10-9-11-27(23-25-16-20-29(21-17-25)33(3)4)31(26)34(5)30-12-7-6-8-13-30/h6-8,12-23H,9-11H2,1-5H3/q+1. The van der Waals surface area contributed by atoms with Gasteiger partial charge in [-0.15, -0.1) is 0 Å². The van der Waals surface area contributed by atoms with Crippen molar-refractivity contribution in [2.75, 3.05) is 45.0 Å². The van der Waals surface area contributed by atoms with E-state index in [1.165, 1.54) is 45.0 Å². The number of anilines is 2. The van der Waals surface area contributed by atoms with Crippen LogP contribution in [0.15, 0.2) is 90.0 Å². The van der Waals surface area contributed by atoms with E-state index < -0.39 is 0 Å². The number of rotatable bonds is 5. The normalized spacial score (nSPS) is 16.1. The van der Waals surface area contributed by atoms with Crippen molar-refractivity contribution in [3.63, 3.8) is 0 Å². The predicted molar refractivity (Wildman–Crippen MR) is 149 cm³/mol. The zero-order valence-corrected chi connectivity index (χ0v) is 21.1. The van der Waals surface area contributed by atoms with Crippen molar-refractivity contribution in [1.82, 2.24) is 0 Å². The summed E-state index contributed by atoms with van der Waals surface area (Å²) in [4.78, 5) is 4.28. The third-order valence-corrected chi connectivity index (χ3v) is 6.48. The van der Waals surface area contributed by atoms with Gasteiger partial charge in [-0.2, -0.15) is 4.58 Å². The molecule has 3 nitrogen and oxygen atoms in total. The summed E-state index contributed by atoms with van der Waals surface area (Å²) in [7, 11) is 10.5. The molecule has 1 aliphatic carbocycles. The van der Waals surface area contributed by atoms with Gasteiger partial charge in [0.1, 0.15) is 7.05 Å². The van der Waals surface area contributed by atoms with Crippen LogP contribution in [0.4, 0.5) is 17.1 Å². The molecule has 4 rings (SSSR count). The lowest BCUT2D eigenvalue weighted by atomic mass is 9.85. The van der Waals surface area contributed by atoms with Crippen LogP contribution in [0, 0.1) is 0 Å². The number of nitrogens with zero attached hydrogens (tertiary/aromatic N) is 3. The molecule has 0 unspecified atom stereocenters. The average molecular weight is 451 g/mol. The van der Waals surface area contributed by atoms with Gasteiger partial charge < -0.3 is 9.80 Å². The lowest BCUT2D eigenvalue weighted by molar-refractivity contribution is -0.404. The molecule has 1 fully saturated rings. The Bertz CT molecular complexity index is 1120. The van der Waals surface area contributed by atoms with Crippen LogP contribution in [0.5, 0.6) is 0 Å². The molecule has 0 heterocycles. The van der Waals surface area contributed by atoms with E-state index in [0.29, 0.717) is 0 Å². The molecule has 0 aromatic heterocycles. The number of allylic oxidation sites excluding steroid dienone is 2. The minimum Gasteiger partial charge on any atom is -0.378 e. The monoisotopic (exact) mass is 450 g/mol. The first-order valence-corrected chi connectivity index (χ1v) is 12.0. The van der Waals surface area contributed by atoms with E-state index in [4.69, 9.17) is 0 Å². The van der Waals surface area contributed by atoms with Gasteiger partial charge in [-0.1, -0.05) is 42.5 Å². The summed E-state index contributed by atoms with van der Waals surface area (Å²) in [5, 5.41) is 0. The van der Waals surface area contributed by atoms with Gasteiger partial charge in [-0.3, -0.25) is 0 Å². The summed E-state index contributed by atoms with van der Waals surface area (Å²) in [5.74, 6) is 0. The van der Waals surface area contributed by atoms with Crippen LogP contribution in [0.1, 0.15) is 30.4 Å². The van der Waals surface area contributed by atoms with Gasteiger partial charge in [0, 0.05) is 62.8 Å². The second-order valence-corrected chi connectivity index (χ2v) is 9.41. The molecule has 0 saturated heterocycles. The van der Waals surface area contributed by atoms with Crippen LogP contribution in [0.3, 0.4) is 0 Å². The molecule has 0 aliphatic heterocycles. The van der Waals surface area contributed by atoms with Gasteiger partial charge in [0.15, 0.2) is 0 Å². The second kappa shape index (κ2) is 10.6. The van der Waals surface area contributed by atoms with Gasteiger partial charge in [0.05, 0.1) is 0 Å². The number of hydrogen-bond acceptors (Lipinski definition) is 2. The second-order valence-electron chi connectivity index (χ2n) is 9.41. The third-order valence-electron chi connectivity index (χ3n) is 6.48. The molecule has 0 N–H and O–H groups in total. The van der Waals surface area contributed by atoms with Crippen molar-refractivity contribution in [3.05, 3.63) is 101 Å². The summed E-state index contributed by atoms with van der Waals surface area (Å²) < 4.78 is 2.36. The van der Waals surface area contributed by atoms with E-state index >= 15 is 0 Å².